The summed E-state index contributed by atoms with van der Waals surface area (Å²) < 4.78 is 26.6. The number of fused-ring (bicyclic) bond motifs is 1. The monoisotopic (exact) mass is 488 g/mol. The molecule has 1 aliphatic rings. The van der Waals surface area contributed by atoms with Crippen LogP contribution >= 0.6 is 0 Å². The number of hydrogen-bond acceptors (Lipinski definition) is 11. The first-order chi connectivity index (χ1) is 16.8. The quantitative estimate of drug-likeness (QED) is 0.356. The zero-order valence-electron chi connectivity index (χ0n) is 18.8. The maximum atomic E-state index is 13.2. The van der Waals surface area contributed by atoms with Crippen molar-refractivity contribution in [3.05, 3.63) is 58.4 Å². The van der Waals surface area contributed by atoms with Gasteiger partial charge in [-0.25, -0.2) is 4.79 Å². The zero-order valence-corrected chi connectivity index (χ0v) is 18.8. The van der Waals surface area contributed by atoms with E-state index in [4.69, 9.17) is 23.4 Å². The topological polar surface area (TPSA) is 165 Å². The van der Waals surface area contributed by atoms with Crippen molar-refractivity contribution in [3.8, 4) is 22.6 Å². The fourth-order valence-corrected chi connectivity index (χ4v) is 3.79. The number of methoxy groups -OCH3 is 2. The molecule has 11 nitrogen and oxygen atoms in total. The van der Waals surface area contributed by atoms with E-state index in [9.17, 15) is 30.0 Å². The average Bonchev–Trinajstić information content (AvgIpc) is 2.88. The highest BCUT2D eigenvalue weighted by molar-refractivity contribution is 5.92. The summed E-state index contributed by atoms with van der Waals surface area (Å²) in [7, 11) is 2.67. The smallest absolute Gasteiger partial charge is 0.338 e. The molecule has 0 spiro atoms. The summed E-state index contributed by atoms with van der Waals surface area (Å²) in [5, 5.41) is 40.0. The normalized spacial score (nSPS) is 24.2. The van der Waals surface area contributed by atoms with Crippen molar-refractivity contribution in [2.45, 2.75) is 30.7 Å². The number of esters is 1. The molecule has 5 atom stereocenters. The van der Waals surface area contributed by atoms with Crippen molar-refractivity contribution in [2.75, 3.05) is 20.8 Å². The fourth-order valence-electron chi connectivity index (χ4n) is 3.79. The molecule has 4 N–H and O–H groups in total. The van der Waals surface area contributed by atoms with Crippen molar-refractivity contribution in [1.82, 2.24) is 0 Å². The van der Waals surface area contributed by atoms with E-state index in [1.807, 2.05) is 0 Å². The van der Waals surface area contributed by atoms with Crippen LogP contribution in [0.15, 0.2) is 51.9 Å². The number of rotatable bonds is 6. The molecule has 1 saturated heterocycles. The Balaban J connectivity index is 1.76. The summed E-state index contributed by atoms with van der Waals surface area (Å²) in [5.41, 5.74) is 0.319. The van der Waals surface area contributed by atoms with Crippen molar-refractivity contribution in [1.29, 1.82) is 0 Å². The highest BCUT2D eigenvalue weighted by atomic mass is 16.7. The molecule has 5 unspecified atom stereocenters. The van der Waals surface area contributed by atoms with Crippen LogP contribution < -0.4 is 14.9 Å². The second kappa shape index (κ2) is 10.0. The first-order valence-corrected chi connectivity index (χ1v) is 10.6. The second-order valence-electron chi connectivity index (χ2n) is 7.89. The first kappa shape index (κ1) is 24.6. The Morgan fingerprint density at radius 3 is 2.46 bits per heavy atom. The molecule has 1 fully saturated rings. The molecular formula is C24H24O11. The number of hydrogen-bond donors (Lipinski definition) is 4. The lowest BCUT2D eigenvalue weighted by molar-refractivity contribution is -0.277. The Morgan fingerprint density at radius 1 is 1.00 bits per heavy atom. The Morgan fingerprint density at radius 2 is 1.77 bits per heavy atom. The summed E-state index contributed by atoms with van der Waals surface area (Å²) in [5.74, 6) is -0.224. The summed E-state index contributed by atoms with van der Waals surface area (Å²) in [6, 6.07) is 8.85. The highest BCUT2D eigenvalue weighted by Crippen LogP contribution is 2.30. The van der Waals surface area contributed by atoms with Gasteiger partial charge in [0.05, 0.1) is 37.3 Å². The van der Waals surface area contributed by atoms with Gasteiger partial charge in [0.2, 0.25) is 6.29 Å². The third kappa shape index (κ3) is 4.72. The van der Waals surface area contributed by atoms with Crippen LogP contribution in [0.5, 0.6) is 11.5 Å². The van der Waals surface area contributed by atoms with E-state index in [1.54, 1.807) is 18.2 Å². The fraction of sp³-hybridized carbons (Fsp3) is 0.333. The van der Waals surface area contributed by atoms with Crippen LogP contribution in [0.1, 0.15) is 10.4 Å². The van der Waals surface area contributed by atoms with E-state index < -0.39 is 43.3 Å². The number of aliphatic hydroxyl groups is 4. The molecular weight excluding hydrogens is 464 g/mol. The molecule has 35 heavy (non-hydrogen) atoms. The van der Waals surface area contributed by atoms with Gasteiger partial charge in [-0.05, 0) is 35.9 Å². The second-order valence-corrected chi connectivity index (χ2v) is 7.89. The maximum Gasteiger partial charge on any atom is 0.338 e. The first-order valence-electron chi connectivity index (χ1n) is 10.6. The van der Waals surface area contributed by atoms with Gasteiger partial charge in [-0.1, -0.05) is 0 Å². The van der Waals surface area contributed by atoms with E-state index in [2.05, 4.69) is 0 Å². The van der Waals surface area contributed by atoms with Crippen molar-refractivity contribution in [2.24, 2.45) is 0 Å². The molecule has 2 heterocycles. The number of carbonyl (C=O) groups excluding carboxylic acids is 1. The summed E-state index contributed by atoms with van der Waals surface area (Å²) in [6.07, 6.45) is -6.33. The van der Waals surface area contributed by atoms with Gasteiger partial charge in [0.15, 0.2) is 5.43 Å². The third-order valence-corrected chi connectivity index (χ3v) is 5.72. The van der Waals surface area contributed by atoms with Crippen molar-refractivity contribution in [3.63, 3.8) is 0 Å². The summed E-state index contributed by atoms with van der Waals surface area (Å²) in [6.45, 7) is -0.638. The van der Waals surface area contributed by atoms with Crippen molar-refractivity contribution < 1.29 is 48.6 Å². The molecule has 0 aliphatic carbocycles. The third-order valence-electron chi connectivity index (χ3n) is 5.72. The van der Waals surface area contributed by atoms with Gasteiger partial charge < -0.3 is 43.8 Å². The standard InChI is InChI=1S/C24H24O11/c1-31-13-3-4-15-17(8-13)33-10-16(19(15)26)11-5-12(23(30)32-2)7-14(6-11)34-24-22(29)21(28)20(27)18(9-25)35-24/h3-8,10,18,20-22,24-25,27-29H,9H2,1-2H3. The molecule has 1 aliphatic heterocycles. The van der Waals surface area contributed by atoms with Crippen LogP contribution in [-0.2, 0) is 9.47 Å². The minimum Gasteiger partial charge on any atom is -0.497 e. The van der Waals surface area contributed by atoms with Crippen LogP contribution in [-0.4, -0.2) is 77.9 Å². The summed E-state index contributed by atoms with van der Waals surface area (Å²) >= 11 is 0. The van der Waals surface area contributed by atoms with Crippen LogP contribution in [0.25, 0.3) is 22.1 Å². The van der Waals surface area contributed by atoms with Gasteiger partial charge >= 0.3 is 5.97 Å². The molecule has 4 rings (SSSR count). The van der Waals surface area contributed by atoms with E-state index in [0.29, 0.717) is 11.3 Å². The van der Waals surface area contributed by atoms with Gasteiger partial charge in [-0.15, -0.1) is 0 Å². The minimum atomic E-state index is -1.67. The van der Waals surface area contributed by atoms with Gasteiger partial charge in [-0.3, -0.25) is 4.79 Å². The lowest BCUT2D eigenvalue weighted by Crippen LogP contribution is -2.60. The molecule has 0 radical (unpaired) electrons. The lowest BCUT2D eigenvalue weighted by Gasteiger charge is -2.39. The number of carbonyl (C=O) groups is 1. The predicted octanol–water partition coefficient (Wildman–Crippen LogP) is 0.434. The number of ether oxygens (including phenoxy) is 4. The van der Waals surface area contributed by atoms with Gasteiger partial charge in [-0.2, -0.15) is 0 Å². The molecule has 0 amide bonds. The molecule has 0 bridgehead atoms. The average molecular weight is 488 g/mol. The van der Waals surface area contributed by atoms with E-state index >= 15 is 0 Å². The van der Waals surface area contributed by atoms with Crippen molar-refractivity contribution >= 4 is 16.9 Å². The highest BCUT2D eigenvalue weighted by Gasteiger charge is 2.44. The molecule has 2 aromatic carbocycles. The SMILES string of the molecule is COC(=O)c1cc(OC2OC(CO)C(O)C(O)C2O)cc(-c2coc3cc(OC)ccc3c2=O)c1. The van der Waals surface area contributed by atoms with Gasteiger partial charge in [0.1, 0.15) is 47.8 Å². The van der Waals surface area contributed by atoms with E-state index in [1.165, 1.54) is 38.7 Å². The largest absolute Gasteiger partial charge is 0.497 e. The maximum absolute atomic E-state index is 13.2. The van der Waals surface area contributed by atoms with E-state index in [0.717, 1.165) is 0 Å². The van der Waals surface area contributed by atoms with Crippen LogP contribution in [0.3, 0.4) is 0 Å². The molecule has 11 heteroatoms. The molecule has 3 aromatic rings. The summed E-state index contributed by atoms with van der Waals surface area (Å²) in [4.78, 5) is 25.5. The minimum absolute atomic E-state index is 0.0125. The predicted molar refractivity (Wildman–Crippen MR) is 120 cm³/mol. The van der Waals surface area contributed by atoms with Crippen LogP contribution in [0.4, 0.5) is 0 Å². The molecule has 186 valence electrons. The Labute approximate surface area is 198 Å². The lowest BCUT2D eigenvalue weighted by atomic mass is 9.99. The molecule has 1 aromatic heterocycles. The van der Waals surface area contributed by atoms with E-state index in [-0.39, 0.29) is 33.3 Å². The van der Waals surface area contributed by atoms with Crippen LogP contribution in [0.2, 0.25) is 0 Å². The number of benzene rings is 2. The van der Waals surface area contributed by atoms with Crippen LogP contribution in [0, 0.1) is 0 Å². The molecule has 0 saturated carbocycles. The zero-order chi connectivity index (χ0) is 25.3. The Hall–Kier alpha value is -3.48. The van der Waals surface area contributed by atoms with Gasteiger partial charge in [0.25, 0.3) is 0 Å². The van der Waals surface area contributed by atoms with Gasteiger partial charge in [0, 0.05) is 6.07 Å². The Kier molecular flexibility index (Phi) is 7.05. The number of aliphatic hydroxyl groups excluding tert-OH is 4. The Bertz CT molecular complexity index is 1280.